The van der Waals surface area contributed by atoms with E-state index in [1.807, 2.05) is 0 Å². The van der Waals surface area contributed by atoms with Crippen LogP contribution in [-0.2, 0) is 24.6 Å². The lowest BCUT2D eigenvalue weighted by atomic mass is 9.96. The van der Waals surface area contributed by atoms with E-state index in [9.17, 15) is 14.7 Å². The average Bonchev–Trinajstić information content (AvgIpc) is 3.06. The fraction of sp³-hybridized carbons (Fsp3) is 0.500. The number of rotatable bonds is 3. The van der Waals surface area contributed by atoms with Gasteiger partial charge in [-0.3, -0.25) is 4.52 Å². The number of nitrogens with one attached hydrogen (secondary N) is 1. The third-order valence-electron chi connectivity index (χ3n) is 4.25. The number of esters is 1. The molecule has 0 spiro atoms. The van der Waals surface area contributed by atoms with Crippen molar-refractivity contribution in [3.8, 4) is 0 Å². The number of aromatic nitrogens is 2. The third-order valence-corrected chi connectivity index (χ3v) is 5.44. The first kappa shape index (κ1) is 17.4. The van der Waals surface area contributed by atoms with Crippen molar-refractivity contribution in [2.24, 2.45) is 12.0 Å². The average molecular weight is 365 g/mol. The third kappa shape index (κ3) is 3.37. The van der Waals surface area contributed by atoms with Gasteiger partial charge in [-0.1, -0.05) is 17.5 Å². The molecule has 1 aliphatic carbocycles. The number of hydrogen-bond donors (Lipinski definition) is 1. The van der Waals surface area contributed by atoms with E-state index in [2.05, 4.69) is 14.8 Å². The SMILES string of the molecule is COC(=O)c1c(/N=C(\[O-])c2c(=O)o[nH][n+]2C)sc2c1CCCCCC2. The minimum absolute atomic E-state index is 0.225. The molecule has 0 amide bonds. The van der Waals surface area contributed by atoms with Crippen molar-refractivity contribution in [2.75, 3.05) is 7.11 Å². The highest BCUT2D eigenvalue weighted by molar-refractivity contribution is 7.16. The summed E-state index contributed by atoms with van der Waals surface area (Å²) >= 11 is 1.33. The molecule has 2 aromatic heterocycles. The normalized spacial score (nSPS) is 15.4. The number of aromatic amines is 1. The predicted octanol–water partition coefficient (Wildman–Crippen LogP) is 0.738. The van der Waals surface area contributed by atoms with Gasteiger partial charge in [0, 0.05) is 4.88 Å². The van der Waals surface area contributed by atoms with Crippen LogP contribution in [0.5, 0.6) is 0 Å². The highest BCUT2D eigenvalue weighted by atomic mass is 32.1. The molecule has 0 unspecified atom stereocenters. The van der Waals surface area contributed by atoms with Gasteiger partial charge in [0.05, 0.1) is 18.6 Å². The summed E-state index contributed by atoms with van der Waals surface area (Å²) in [5, 5.41) is 15.0. The Labute approximate surface area is 147 Å². The molecule has 8 nitrogen and oxygen atoms in total. The molecule has 0 bridgehead atoms. The molecule has 0 aromatic carbocycles. The first-order valence-electron chi connectivity index (χ1n) is 8.09. The maximum atomic E-state index is 12.4. The summed E-state index contributed by atoms with van der Waals surface area (Å²) in [4.78, 5) is 29.0. The molecule has 0 atom stereocenters. The summed E-state index contributed by atoms with van der Waals surface area (Å²) in [5.74, 6) is -1.26. The number of aliphatic imine (C=N–C) groups is 1. The fourth-order valence-corrected chi connectivity index (χ4v) is 4.26. The van der Waals surface area contributed by atoms with Gasteiger partial charge < -0.3 is 9.84 Å². The Hall–Kier alpha value is -2.42. The van der Waals surface area contributed by atoms with E-state index in [0.717, 1.165) is 53.6 Å². The number of thiophene rings is 1. The van der Waals surface area contributed by atoms with Gasteiger partial charge in [-0.2, -0.15) is 0 Å². The number of carbonyl (C=O) groups excluding carboxylic acids is 1. The van der Waals surface area contributed by atoms with Crippen molar-refractivity contribution in [3.05, 3.63) is 32.1 Å². The number of carbonyl (C=O) groups is 1. The van der Waals surface area contributed by atoms with Crippen molar-refractivity contribution in [1.29, 1.82) is 0 Å². The van der Waals surface area contributed by atoms with Crippen LogP contribution in [0.1, 0.15) is 52.2 Å². The van der Waals surface area contributed by atoms with Gasteiger partial charge in [-0.25, -0.2) is 14.6 Å². The first-order chi connectivity index (χ1) is 12.0. The molecule has 0 saturated heterocycles. The predicted molar refractivity (Wildman–Crippen MR) is 88.2 cm³/mol. The van der Waals surface area contributed by atoms with Gasteiger partial charge >= 0.3 is 17.3 Å². The molecule has 0 saturated carbocycles. The molecule has 3 rings (SSSR count). The van der Waals surface area contributed by atoms with E-state index >= 15 is 0 Å². The van der Waals surface area contributed by atoms with E-state index in [0.29, 0.717) is 10.6 Å². The molecule has 9 heteroatoms. The summed E-state index contributed by atoms with van der Waals surface area (Å²) in [6.07, 6.45) is 5.90. The summed E-state index contributed by atoms with van der Waals surface area (Å²) in [6, 6.07) is 0. The molecule has 1 aliphatic rings. The number of nitrogens with zero attached hydrogens (tertiary/aromatic N) is 2. The first-order valence-corrected chi connectivity index (χ1v) is 8.91. The van der Waals surface area contributed by atoms with Gasteiger partial charge in [-0.15, -0.1) is 11.3 Å². The topological polar surface area (TPSA) is 112 Å². The number of fused-ring (bicyclic) bond motifs is 1. The Balaban J connectivity index is 2.12. The van der Waals surface area contributed by atoms with E-state index in [4.69, 9.17) is 4.74 Å². The molecule has 2 heterocycles. The zero-order chi connectivity index (χ0) is 18.0. The van der Waals surface area contributed by atoms with Crippen molar-refractivity contribution in [2.45, 2.75) is 38.5 Å². The van der Waals surface area contributed by atoms with Crippen molar-refractivity contribution >= 4 is 28.2 Å². The second-order valence-corrected chi connectivity index (χ2v) is 6.98. The van der Waals surface area contributed by atoms with Crippen LogP contribution < -0.4 is 15.4 Å². The van der Waals surface area contributed by atoms with Crippen LogP contribution >= 0.6 is 11.3 Å². The van der Waals surface area contributed by atoms with Gasteiger partial charge in [0.15, 0.2) is 7.05 Å². The zero-order valence-corrected chi connectivity index (χ0v) is 14.9. The monoisotopic (exact) mass is 365 g/mol. The van der Waals surface area contributed by atoms with E-state index in [-0.39, 0.29) is 5.69 Å². The molecule has 0 aliphatic heterocycles. The molecular weight excluding hydrogens is 346 g/mol. The molecule has 0 fully saturated rings. The van der Waals surface area contributed by atoms with E-state index in [1.165, 1.54) is 25.5 Å². The Kier molecular flexibility index (Phi) is 5.03. The van der Waals surface area contributed by atoms with Crippen molar-refractivity contribution in [3.63, 3.8) is 0 Å². The highest BCUT2D eigenvalue weighted by Gasteiger charge is 2.26. The van der Waals surface area contributed by atoms with Crippen LogP contribution in [-0.4, -0.2) is 24.2 Å². The van der Waals surface area contributed by atoms with Crippen LogP contribution in [0, 0.1) is 0 Å². The molecule has 0 radical (unpaired) electrons. The smallest absolute Gasteiger partial charge is 0.435 e. The maximum absolute atomic E-state index is 12.4. The van der Waals surface area contributed by atoms with Crippen LogP contribution in [0.2, 0.25) is 0 Å². The Bertz CT molecular complexity index is 877. The Morgan fingerprint density at radius 1 is 1.32 bits per heavy atom. The van der Waals surface area contributed by atoms with Crippen LogP contribution in [0.4, 0.5) is 5.00 Å². The van der Waals surface area contributed by atoms with Gasteiger partial charge in [0.25, 0.3) is 0 Å². The number of methoxy groups -OCH3 is 1. The maximum Gasteiger partial charge on any atom is 0.435 e. The van der Waals surface area contributed by atoms with Crippen LogP contribution in [0.25, 0.3) is 0 Å². The standard InChI is InChI=1S/C16H19N3O5S/c1-19-12(16(22)24-18-19)13(20)17-14-11(15(21)23-2)9-7-5-3-4-6-8-10(9)25-14/h3-8H2,1-2H3,(H-,17,18,20,21,22). The molecule has 25 heavy (non-hydrogen) atoms. The van der Waals surface area contributed by atoms with Gasteiger partial charge in [0.1, 0.15) is 5.00 Å². The Morgan fingerprint density at radius 2 is 2.04 bits per heavy atom. The second-order valence-electron chi connectivity index (χ2n) is 5.90. The van der Waals surface area contributed by atoms with Gasteiger partial charge in [-0.05, 0) is 36.5 Å². The lowest BCUT2D eigenvalue weighted by Gasteiger charge is -2.10. The van der Waals surface area contributed by atoms with Crippen molar-refractivity contribution < 1.29 is 23.8 Å². The minimum Gasteiger partial charge on any atom is -0.854 e. The Morgan fingerprint density at radius 3 is 2.68 bits per heavy atom. The minimum atomic E-state index is -0.800. The summed E-state index contributed by atoms with van der Waals surface area (Å²) in [6.45, 7) is 0. The number of ether oxygens (including phenoxy) is 1. The number of aryl methyl sites for hydroxylation is 2. The summed E-state index contributed by atoms with van der Waals surface area (Å²) in [5.41, 5.74) is 0.247. The quantitative estimate of drug-likeness (QED) is 0.373. The van der Waals surface area contributed by atoms with E-state index in [1.54, 1.807) is 0 Å². The summed E-state index contributed by atoms with van der Waals surface area (Å²) < 4.78 is 10.6. The number of H-pyrrole nitrogens is 1. The molecule has 2 aromatic rings. The molecular formula is C16H19N3O5S. The second kappa shape index (κ2) is 7.22. The lowest BCUT2D eigenvalue weighted by molar-refractivity contribution is -0.742. The fourth-order valence-electron chi connectivity index (χ4n) is 3.01. The van der Waals surface area contributed by atoms with E-state index < -0.39 is 17.5 Å². The molecule has 1 N–H and O–H groups in total. The number of hydrogen-bond acceptors (Lipinski definition) is 7. The lowest BCUT2D eigenvalue weighted by Crippen LogP contribution is -2.43. The zero-order valence-electron chi connectivity index (χ0n) is 14.1. The van der Waals surface area contributed by atoms with Crippen LogP contribution in [0.3, 0.4) is 0 Å². The summed E-state index contributed by atoms with van der Waals surface area (Å²) in [7, 11) is 2.78. The van der Waals surface area contributed by atoms with Crippen LogP contribution in [0.15, 0.2) is 14.3 Å². The van der Waals surface area contributed by atoms with Gasteiger partial charge in [0.2, 0.25) is 0 Å². The largest absolute Gasteiger partial charge is 0.854 e. The highest BCUT2D eigenvalue weighted by Crippen LogP contribution is 2.39. The van der Waals surface area contributed by atoms with Crippen molar-refractivity contribution in [1.82, 2.24) is 5.27 Å². The molecule has 134 valence electrons.